The van der Waals surface area contributed by atoms with Gasteiger partial charge in [0.2, 0.25) is 0 Å². The van der Waals surface area contributed by atoms with Crippen LogP contribution in [0.3, 0.4) is 0 Å². The van der Waals surface area contributed by atoms with Crippen LogP contribution in [-0.2, 0) is 5.41 Å². The molecule has 132 valence electrons. The minimum atomic E-state index is 0.0147. The number of anilines is 2. The van der Waals surface area contributed by atoms with Crippen LogP contribution in [0.1, 0.15) is 40.2 Å². The summed E-state index contributed by atoms with van der Waals surface area (Å²) >= 11 is 0. The molecule has 0 amide bonds. The first kappa shape index (κ1) is 18.6. The molecular weight excluding hydrogens is 308 g/mol. The van der Waals surface area contributed by atoms with Crippen molar-refractivity contribution >= 4 is 17.1 Å². The number of benzene rings is 2. The summed E-state index contributed by atoms with van der Waals surface area (Å²) in [6.07, 6.45) is 0. The van der Waals surface area contributed by atoms with Gasteiger partial charge in [0.1, 0.15) is 5.82 Å². The third-order valence-corrected chi connectivity index (χ3v) is 3.63. The Labute approximate surface area is 150 Å². The first-order valence-electron chi connectivity index (χ1n) is 8.47. The molecule has 0 bridgehead atoms. The Morgan fingerprint density at radius 3 is 2.08 bits per heavy atom. The standard InChI is InChI=1S/C21H28N4/c1-15(2)23-20(24-16-11-7-6-8-12-16)19(22)25-18-14-10-9-13-17(18)21(3,4)5/h6-14,24-25H,22H2,1-5H3/b20-19-. The van der Waals surface area contributed by atoms with Gasteiger partial charge >= 0.3 is 0 Å². The van der Waals surface area contributed by atoms with Crippen molar-refractivity contribution in [3.05, 3.63) is 71.8 Å². The molecule has 0 atom stereocenters. The van der Waals surface area contributed by atoms with Gasteiger partial charge in [-0.3, -0.25) is 0 Å². The molecule has 0 spiro atoms. The average molecular weight is 336 g/mol. The van der Waals surface area contributed by atoms with Crippen molar-refractivity contribution in [3.63, 3.8) is 0 Å². The molecule has 25 heavy (non-hydrogen) atoms. The topological polar surface area (TPSA) is 62.4 Å². The lowest BCUT2D eigenvalue weighted by atomic mass is 9.86. The Bertz CT molecular complexity index is 764. The number of aliphatic imine (C=N–C) groups is 1. The van der Waals surface area contributed by atoms with Gasteiger partial charge in [0, 0.05) is 17.1 Å². The molecule has 0 radical (unpaired) electrons. The zero-order valence-corrected chi connectivity index (χ0v) is 15.7. The highest BCUT2D eigenvalue weighted by molar-refractivity contribution is 5.80. The Kier molecular flexibility index (Phi) is 5.86. The molecule has 2 aromatic rings. The van der Waals surface area contributed by atoms with Crippen LogP contribution < -0.4 is 16.4 Å². The number of nitrogens with zero attached hydrogens (tertiary/aromatic N) is 1. The van der Waals surface area contributed by atoms with Crippen molar-refractivity contribution < 1.29 is 0 Å². The maximum Gasteiger partial charge on any atom is 0.171 e. The van der Waals surface area contributed by atoms with Crippen molar-refractivity contribution in [1.82, 2.24) is 0 Å². The van der Waals surface area contributed by atoms with Crippen molar-refractivity contribution in [1.29, 1.82) is 0 Å². The highest BCUT2D eigenvalue weighted by Crippen LogP contribution is 2.30. The molecule has 0 aliphatic carbocycles. The molecule has 0 saturated carbocycles. The maximum absolute atomic E-state index is 6.36. The molecule has 0 fully saturated rings. The lowest BCUT2D eigenvalue weighted by Gasteiger charge is -2.24. The average Bonchev–Trinajstić information content (AvgIpc) is 2.54. The second-order valence-corrected chi connectivity index (χ2v) is 7.23. The zero-order valence-electron chi connectivity index (χ0n) is 15.7. The summed E-state index contributed by atoms with van der Waals surface area (Å²) in [7, 11) is 0. The Hall–Kier alpha value is -2.75. The molecule has 4 nitrogen and oxygen atoms in total. The summed E-state index contributed by atoms with van der Waals surface area (Å²) in [5.74, 6) is 1.09. The smallest absolute Gasteiger partial charge is 0.171 e. The van der Waals surface area contributed by atoms with Crippen molar-refractivity contribution in [3.8, 4) is 0 Å². The zero-order chi connectivity index (χ0) is 18.4. The van der Waals surface area contributed by atoms with E-state index in [9.17, 15) is 0 Å². The minimum Gasteiger partial charge on any atom is -0.382 e. The quantitative estimate of drug-likeness (QED) is 0.668. The molecule has 0 unspecified atom stereocenters. The van der Waals surface area contributed by atoms with Crippen LogP contribution in [0.5, 0.6) is 0 Å². The summed E-state index contributed by atoms with van der Waals surface area (Å²) < 4.78 is 0. The summed E-state index contributed by atoms with van der Waals surface area (Å²) in [6.45, 7) is 10.5. The number of para-hydroxylation sites is 2. The fourth-order valence-electron chi connectivity index (χ4n) is 2.49. The summed E-state index contributed by atoms with van der Waals surface area (Å²) in [6, 6.07) is 18.1. The van der Waals surface area contributed by atoms with Crippen molar-refractivity contribution in [2.24, 2.45) is 10.7 Å². The number of hydrogen-bond acceptors (Lipinski definition) is 4. The molecule has 4 N–H and O–H groups in total. The number of nitrogens with two attached hydrogens (primary N) is 1. The van der Waals surface area contributed by atoms with Gasteiger partial charge in [-0.1, -0.05) is 57.2 Å². The van der Waals surface area contributed by atoms with Gasteiger partial charge in [0.25, 0.3) is 0 Å². The first-order valence-corrected chi connectivity index (χ1v) is 8.47. The van der Waals surface area contributed by atoms with Gasteiger partial charge in [-0.15, -0.1) is 0 Å². The van der Waals surface area contributed by atoms with Gasteiger partial charge in [-0.2, -0.15) is 0 Å². The van der Waals surface area contributed by atoms with Gasteiger partial charge in [-0.25, -0.2) is 4.99 Å². The second-order valence-electron chi connectivity index (χ2n) is 7.23. The molecule has 4 heteroatoms. The van der Waals surface area contributed by atoms with E-state index >= 15 is 0 Å². The molecule has 0 aliphatic heterocycles. The number of hydrogen-bond donors (Lipinski definition) is 3. The van der Waals surface area contributed by atoms with Crippen LogP contribution in [0.15, 0.2) is 71.2 Å². The Morgan fingerprint density at radius 2 is 1.48 bits per heavy atom. The van der Waals surface area contributed by atoms with Crippen LogP contribution in [0, 0.1) is 0 Å². The highest BCUT2D eigenvalue weighted by Gasteiger charge is 2.18. The third-order valence-electron chi connectivity index (χ3n) is 3.63. The van der Waals surface area contributed by atoms with Crippen LogP contribution in [-0.4, -0.2) is 5.71 Å². The van der Waals surface area contributed by atoms with Gasteiger partial charge in [0.05, 0.1) is 0 Å². The van der Waals surface area contributed by atoms with E-state index in [-0.39, 0.29) is 5.41 Å². The largest absolute Gasteiger partial charge is 0.382 e. The van der Waals surface area contributed by atoms with Crippen LogP contribution >= 0.6 is 0 Å². The predicted molar refractivity (Wildman–Crippen MR) is 109 cm³/mol. The molecule has 0 heterocycles. The van der Waals surface area contributed by atoms with E-state index in [4.69, 9.17) is 5.73 Å². The summed E-state index contributed by atoms with van der Waals surface area (Å²) in [5.41, 5.74) is 10.4. The van der Waals surface area contributed by atoms with E-state index in [0.29, 0.717) is 11.6 Å². The van der Waals surface area contributed by atoms with E-state index in [1.165, 1.54) is 5.56 Å². The molecule has 0 saturated heterocycles. The number of rotatable bonds is 5. The fraction of sp³-hybridized carbons (Fsp3) is 0.286. The summed E-state index contributed by atoms with van der Waals surface area (Å²) in [4.78, 5) is 4.56. The molecule has 2 aromatic carbocycles. The summed E-state index contributed by atoms with van der Waals surface area (Å²) in [5, 5.41) is 6.62. The van der Waals surface area contributed by atoms with Crippen LogP contribution in [0.25, 0.3) is 0 Å². The fourth-order valence-corrected chi connectivity index (χ4v) is 2.49. The minimum absolute atomic E-state index is 0.0147. The maximum atomic E-state index is 6.36. The van der Waals surface area contributed by atoms with E-state index < -0.39 is 0 Å². The second kappa shape index (κ2) is 7.88. The third kappa shape index (κ3) is 5.38. The van der Waals surface area contributed by atoms with Gasteiger partial charge in [-0.05, 0) is 43.0 Å². The van der Waals surface area contributed by atoms with Crippen LogP contribution in [0.4, 0.5) is 11.4 Å². The van der Waals surface area contributed by atoms with E-state index in [1.807, 2.05) is 62.4 Å². The van der Waals surface area contributed by atoms with E-state index in [0.717, 1.165) is 17.1 Å². The monoisotopic (exact) mass is 336 g/mol. The lowest BCUT2D eigenvalue weighted by Crippen LogP contribution is -2.20. The SMILES string of the molecule is CC(C)=N/C(Nc1ccccc1)=C(\N)Nc1ccccc1C(C)(C)C. The first-order chi connectivity index (χ1) is 11.8. The molecule has 0 aliphatic rings. The van der Waals surface area contributed by atoms with Crippen molar-refractivity contribution in [2.45, 2.75) is 40.0 Å². The van der Waals surface area contributed by atoms with Gasteiger partial charge < -0.3 is 16.4 Å². The molecular formula is C21H28N4. The molecule has 0 aromatic heterocycles. The van der Waals surface area contributed by atoms with Gasteiger partial charge in [0.15, 0.2) is 5.82 Å². The van der Waals surface area contributed by atoms with E-state index in [2.05, 4.69) is 42.5 Å². The van der Waals surface area contributed by atoms with Crippen LogP contribution in [0.2, 0.25) is 0 Å². The predicted octanol–water partition coefficient (Wildman–Crippen LogP) is 5.07. The molecule has 2 rings (SSSR count). The Morgan fingerprint density at radius 1 is 0.880 bits per heavy atom. The van der Waals surface area contributed by atoms with Crippen molar-refractivity contribution in [2.75, 3.05) is 10.6 Å². The number of nitrogens with one attached hydrogen (secondary N) is 2. The lowest BCUT2D eigenvalue weighted by molar-refractivity contribution is 0.592. The Balaban J connectivity index is 2.38. The highest BCUT2D eigenvalue weighted by atomic mass is 15.1. The van der Waals surface area contributed by atoms with E-state index in [1.54, 1.807) is 0 Å². The normalized spacial score (nSPS) is 12.2.